The quantitative estimate of drug-likeness (QED) is 0.792. The maximum absolute atomic E-state index is 12.9. The molecule has 3 atom stereocenters. The van der Waals surface area contributed by atoms with Gasteiger partial charge in [0.2, 0.25) is 5.91 Å². The Balaban J connectivity index is 1.54. The van der Waals surface area contributed by atoms with E-state index >= 15 is 0 Å². The van der Waals surface area contributed by atoms with Crippen molar-refractivity contribution in [1.29, 1.82) is 5.26 Å². The van der Waals surface area contributed by atoms with Gasteiger partial charge in [-0.25, -0.2) is 9.97 Å². The van der Waals surface area contributed by atoms with Crippen LogP contribution in [0, 0.1) is 29.1 Å². The summed E-state index contributed by atoms with van der Waals surface area (Å²) in [7, 11) is 1.97. The number of ketones is 1. The highest BCUT2D eigenvalue weighted by Gasteiger charge is 2.42. The summed E-state index contributed by atoms with van der Waals surface area (Å²) in [4.78, 5) is 40.8. The van der Waals surface area contributed by atoms with Gasteiger partial charge in [-0.05, 0) is 31.2 Å². The van der Waals surface area contributed by atoms with Gasteiger partial charge in [0.1, 0.15) is 17.8 Å². The number of nitrogens with zero attached hydrogens (tertiary/aromatic N) is 5. The van der Waals surface area contributed by atoms with Crippen molar-refractivity contribution in [2.24, 2.45) is 17.8 Å². The summed E-state index contributed by atoms with van der Waals surface area (Å²) in [6, 6.07) is 3.93. The number of aromatic amines is 1. The minimum Gasteiger partial charge on any atom is -0.354 e. The van der Waals surface area contributed by atoms with E-state index in [1.165, 1.54) is 6.33 Å². The largest absolute Gasteiger partial charge is 0.354 e. The van der Waals surface area contributed by atoms with Crippen LogP contribution in [0.5, 0.6) is 0 Å². The molecule has 146 valence electrons. The van der Waals surface area contributed by atoms with Gasteiger partial charge in [0, 0.05) is 32.3 Å². The number of carbonyl (C=O) groups is 2. The minimum atomic E-state index is -1.16. The summed E-state index contributed by atoms with van der Waals surface area (Å²) in [6.45, 7) is 3.21. The van der Waals surface area contributed by atoms with Crippen molar-refractivity contribution in [2.75, 3.05) is 25.0 Å². The Kier molecular flexibility index (Phi) is 4.75. The molecule has 0 aromatic carbocycles. The molecule has 2 aliphatic rings. The summed E-state index contributed by atoms with van der Waals surface area (Å²) in [5.41, 5.74) is 0.771. The summed E-state index contributed by atoms with van der Waals surface area (Å²) in [5, 5.41) is 10.4. The molecule has 8 heteroatoms. The molecular weight excluding hydrogens is 356 g/mol. The summed E-state index contributed by atoms with van der Waals surface area (Å²) in [6.07, 6.45) is 5.77. The number of fused-ring (bicyclic) bond motifs is 1. The van der Waals surface area contributed by atoms with Crippen LogP contribution < -0.4 is 4.90 Å². The zero-order chi connectivity index (χ0) is 19.8. The SMILES string of the molecule is CC1CCN(C(=O)C(C#N)C(=O)C2CC2)CC1N(C)c1ncnc2[nH]ccc12. The Bertz CT molecular complexity index is 944. The number of likely N-dealkylation sites (N-methyl/N-ethyl adjacent to an activating group) is 1. The van der Waals surface area contributed by atoms with Gasteiger partial charge in [0.05, 0.1) is 17.5 Å². The molecule has 1 amide bonds. The molecule has 1 aliphatic carbocycles. The molecule has 1 saturated carbocycles. The number of nitriles is 1. The number of amides is 1. The van der Waals surface area contributed by atoms with Crippen LogP contribution in [0.3, 0.4) is 0 Å². The van der Waals surface area contributed by atoms with Crippen LogP contribution in [0.4, 0.5) is 5.82 Å². The zero-order valence-corrected chi connectivity index (χ0v) is 16.1. The Morgan fingerprint density at radius 1 is 1.36 bits per heavy atom. The Labute approximate surface area is 163 Å². The van der Waals surface area contributed by atoms with Crippen LogP contribution in [0.15, 0.2) is 18.6 Å². The number of hydrogen-bond donors (Lipinski definition) is 1. The van der Waals surface area contributed by atoms with Crippen LogP contribution in [0.1, 0.15) is 26.2 Å². The molecule has 3 heterocycles. The van der Waals surface area contributed by atoms with Gasteiger partial charge < -0.3 is 14.8 Å². The number of piperidine rings is 1. The standard InChI is InChI=1S/C20H24N6O2/c1-12-6-8-26(20(28)15(9-21)17(27)13-3-4-13)10-16(12)25(2)19-14-5-7-22-18(14)23-11-24-19/h5,7,11-13,15-16H,3-4,6,8,10H2,1-2H3,(H,22,23,24). The number of H-pyrrole nitrogens is 1. The van der Waals surface area contributed by atoms with Gasteiger partial charge in [-0.3, -0.25) is 9.59 Å². The molecule has 28 heavy (non-hydrogen) atoms. The lowest BCUT2D eigenvalue weighted by Gasteiger charge is -2.42. The predicted molar refractivity (Wildman–Crippen MR) is 103 cm³/mol. The average molecular weight is 380 g/mol. The molecule has 1 aliphatic heterocycles. The lowest BCUT2D eigenvalue weighted by molar-refractivity contribution is -0.140. The molecule has 2 aromatic rings. The highest BCUT2D eigenvalue weighted by molar-refractivity contribution is 6.05. The third-order valence-corrected chi connectivity index (χ3v) is 6.04. The predicted octanol–water partition coefficient (Wildman–Crippen LogP) is 1.75. The van der Waals surface area contributed by atoms with E-state index < -0.39 is 5.92 Å². The monoisotopic (exact) mass is 380 g/mol. The number of Topliss-reactive ketones (excluding diaryl/α,β-unsaturated/α-hetero) is 1. The maximum Gasteiger partial charge on any atom is 0.247 e. The van der Waals surface area contributed by atoms with E-state index in [-0.39, 0.29) is 23.7 Å². The van der Waals surface area contributed by atoms with Gasteiger partial charge in [0.15, 0.2) is 11.7 Å². The third-order valence-electron chi connectivity index (χ3n) is 6.04. The van der Waals surface area contributed by atoms with Gasteiger partial charge in [-0.2, -0.15) is 5.26 Å². The van der Waals surface area contributed by atoms with E-state index in [2.05, 4.69) is 26.8 Å². The number of hydrogen-bond acceptors (Lipinski definition) is 6. The number of carbonyl (C=O) groups excluding carboxylic acids is 2. The van der Waals surface area contributed by atoms with Gasteiger partial charge in [0.25, 0.3) is 0 Å². The second-order valence-corrected chi connectivity index (χ2v) is 7.90. The molecule has 3 unspecified atom stereocenters. The second kappa shape index (κ2) is 7.23. The van der Waals surface area contributed by atoms with Crippen molar-refractivity contribution in [3.63, 3.8) is 0 Å². The smallest absolute Gasteiger partial charge is 0.247 e. The fourth-order valence-electron chi connectivity index (χ4n) is 4.08. The van der Waals surface area contributed by atoms with E-state index in [1.54, 1.807) is 4.90 Å². The number of likely N-dealkylation sites (tertiary alicyclic amines) is 1. The van der Waals surface area contributed by atoms with Crippen molar-refractivity contribution in [3.8, 4) is 6.07 Å². The highest BCUT2D eigenvalue weighted by atomic mass is 16.2. The van der Waals surface area contributed by atoms with E-state index in [9.17, 15) is 14.9 Å². The van der Waals surface area contributed by atoms with Crippen molar-refractivity contribution >= 4 is 28.5 Å². The fourth-order valence-corrected chi connectivity index (χ4v) is 4.08. The maximum atomic E-state index is 12.9. The van der Waals surface area contributed by atoms with E-state index in [0.29, 0.717) is 19.0 Å². The molecule has 8 nitrogen and oxygen atoms in total. The Morgan fingerprint density at radius 2 is 2.14 bits per heavy atom. The molecule has 0 bridgehead atoms. The first-order valence-electron chi connectivity index (χ1n) is 9.74. The lowest BCUT2D eigenvalue weighted by atomic mass is 9.90. The normalized spacial score (nSPS) is 23.2. The zero-order valence-electron chi connectivity index (χ0n) is 16.1. The number of nitrogens with one attached hydrogen (secondary N) is 1. The molecule has 1 saturated heterocycles. The fraction of sp³-hybridized carbons (Fsp3) is 0.550. The summed E-state index contributed by atoms with van der Waals surface area (Å²) < 4.78 is 0. The number of rotatable bonds is 5. The van der Waals surface area contributed by atoms with Crippen LogP contribution in [-0.2, 0) is 9.59 Å². The molecule has 0 radical (unpaired) electrons. The summed E-state index contributed by atoms with van der Waals surface area (Å²) >= 11 is 0. The molecule has 0 spiro atoms. The first-order valence-corrected chi connectivity index (χ1v) is 9.74. The first-order chi connectivity index (χ1) is 13.5. The minimum absolute atomic E-state index is 0.0427. The van der Waals surface area contributed by atoms with Crippen molar-refractivity contribution in [3.05, 3.63) is 18.6 Å². The second-order valence-electron chi connectivity index (χ2n) is 7.90. The van der Waals surface area contributed by atoms with Crippen LogP contribution >= 0.6 is 0 Å². The van der Waals surface area contributed by atoms with Crippen molar-refractivity contribution in [2.45, 2.75) is 32.2 Å². The van der Waals surface area contributed by atoms with Crippen molar-refractivity contribution in [1.82, 2.24) is 19.9 Å². The lowest BCUT2D eigenvalue weighted by Crippen LogP contribution is -2.54. The van der Waals surface area contributed by atoms with Gasteiger partial charge in [-0.1, -0.05) is 6.92 Å². The van der Waals surface area contributed by atoms with Crippen LogP contribution in [-0.4, -0.2) is 57.7 Å². The highest BCUT2D eigenvalue weighted by Crippen LogP contribution is 2.34. The third kappa shape index (κ3) is 3.21. The molecule has 4 rings (SSSR count). The Morgan fingerprint density at radius 3 is 2.86 bits per heavy atom. The topological polar surface area (TPSA) is 106 Å². The number of aromatic nitrogens is 3. The van der Waals surface area contributed by atoms with Crippen LogP contribution in [0.2, 0.25) is 0 Å². The number of anilines is 1. The van der Waals surface area contributed by atoms with Gasteiger partial charge >= 0.3 is 0 Å². The van der Waals surface area contributed by atoms with E-state index in [4.69, 9.17) is 0 Å². The first kappa shape index (κ1) is 18.4. The van der Waals surface area contributed by atoms with E-state index in [0.717, 1.165) is 36.1 Å². The molecule has 2 aromatic heterocycles. The molecular formula is C20H24N6O2. The van der Waals surface area contributed by atoms with Crippen molar-refractivity contribution < 1.29 is 9.59 Å². The van der Waals surface area contributed by atoms with Crippen LogP contribution in [0.25, 0.3) is 11.0 Å². The Hall–Kier alpha value is -2.95. The summed E-state index contributed by atoms with van der Waals surface area (Å²) in [5.74, 6) is -0.665. The molecule has 1 N–H and O–H groups in total. The average Bonchev–Trinajstić information content (AvgIpc) is 3.44. The van der Waals surface area contributed by atoms with Gasteiger partial charge in [-0.15, -0.1) is 0 Å². The van der Waals surface area contributed by atoms with E-state index in [1.807, 2.05) is 25.4 Å². The molecule has 2 fully saturated rings.